The van der Waals surface area contributed by atoms with Crippen LogP contribution in [0.4, 0.5) is 0 Å². The van der Waals surface area contributed by atoms with Crippen molar-refractivity contribution in [3.8, 4) is 0 Å². The maximum absolute atomic E-state index is 12.4. The largest absolute Gasteiger partial charge is 0.381 e. The molecule has 1 saturated heterocycles. The Hall–Kier alpha value is -1.13. The third-order valence-corrected chi connectivity index (χ3v) is 4.05. The molecule has 2 rings (SSSR count). The number of pyridine rings is 1. The van der Waals surface area contributed by atoms with Crippen molar-refractivity contribution in [2.45, 2.75) is 45.6 Å². The molecule has 2 unspecified atom stereocenters. The van der Waals surface area contributed by atoms with E-state index in [1.807, 2.05) is 33.8 Å². The van der Waals surface area contributed by atoms with Gasteiger partial charge in [0.25, 0.3) is 5.91 Å². The highest BCUT2D eigenvalue weighted by molar-refractivity contribution is 6.29. The molecule has 1 aliphatic heterocycles. The fourth-order valence-corrected chi connectivity index (χ4v) is 2.58. The minimum Gasteiger partial charge on any atom is -0.381 e. The number of halogens is 1. The van der Waals surface area contributed by atoms with Crippen LogP contribution in [0.2, 0.25) is 5.15 Å². The Morgan fingerprint density at radius 2 is 2.19 bits per heavy atom. The molecule has 1 aromatic heterocycles. The molecule has 1 amide bonds. The Balaban J connectivity index is 2.13. The van der Waals surface area contributed by atoms with Gasteiger partial charge in [0.2, 0.25) is 0 Å². The second kappa shape index (κ2) is 6.32. The third-order valence-electron chi connectivity index (χ3n) is 3.86. The Morgan fingerprint density at radius 1 is 1.48 bits per heavy atom. The molecule has 1 aromatic rings. The van der Waals surface area contributed by atoms with Crippen LogP contribution >= 0.6 is 11.6 Å². The molecule has 0 aliphatic carbocycles. The van der Waals surface area contributed by atoms with Crippen molar-refractivity contribution < 1.29 is 9.53 Å². The van der Waals surface area contributed by atoms with E-state index in [4.69, 9.17) is 16.3 Å². The van der Waals surface area contributed by atoms with Gasteiger partial charge in [0.05, 0.1) is 6.61 Å². The average Bonchev–Trinajstić information content (AvgIpc) is 2.90. The maximum atomic E-state index is 12.4. The summed E-state index contributed by atoms with van der Waals surface area (Å²) in [5, 5.41) is 3.39. The topological polar surface area (TPSA) is 51.2 Å². The van der Waals surface area contributed by atoms with E-state index in [0.29, 0.717) is 23.2 Å². The van der Waals surface area contributed by atoms with Crippen molar-refractivity contribution in [2.75, 3.05) is 13.2 Å². The summed E-state index contributed by atoms with van der Waals surface area (Å²) in [5.74, 6) is 0.276. The van der Waals surface area contributed by atoms with E-state index in [9.17, 15) is 4.79 Å². The number of nitrogens with one attached hydrogen (secondary N) is 1. The highest BCUT2D eigenvalue weighted by atomic mass is 35.5. The normalized spacial score (nSPS) is 20.3. The van der Waals surface area contributed by atoms with Crippen LogP contribution in [-0.2, 0) is 10.2 Å². The zero-order valence-corrected chi connectivity index (χ0v) is 13.8. The first-order valence-electron chi connectivity index (χ1n) is 7.34. The van der Waals surface area contributed by atoms with E-state index in [2.05, 4.69) is 10.3 Å². The fourth-order valence-electron chi connectivity index (χ4n) is 2.37. The second-order valence-corrected chi connectivity index (χ2v) is 7.09. The molecule has 21 heavy (non-hydrogen) atoms. The number of rotatable bonds is 3. The van der Waals surface area contributed by atoms with Crippen molar-refractivity contribution >= 4 is 17.5 Å². The number of amides is 1. The highest BCUT2D eigenvalue weighted by Gasteiger charge is 2.25. The lowest BCUT2D eigenvalue weighted by atomic mass is 9.90. The molecule has 1 N–H and O–H groups in total. The Bertz CT molecular complexity index is 519. The van der Waals surface area contributed by atoms with Crippen molar-refractivity contribution in [3.63, 3.8) is 0 Å². The number of carbonyl (C=O) groups excluding carboxylic acids is 1. The molecular weight excluding hydrogens is 288 g/mol. The molecule has 1 fully saturated rings. The summed E-state index contributed by atoms with van der Waals surface area (Å²) in [7, 11) is 0. The van der Waals surface area contributed by atoms with Crippen molar-refractivity contribution in [2.24, 2.45) is 5.92 Å². The van der Waals surface area contributed by atoms with E-state index in [1.54, 1.807) is 6.07 Å². The summed E-state index contributed by atoms with van der Waals surface area (Å²) < 4.78 is 5.37. The SMILES string of the molecule is CC(NC(=O)c1cc(Cl)nc(C(C)(C)C)c1)C1CCOC1. The van der Waals surface area contributed by atoms with Crippen LogP contribution < -0.4 is 5.32 Å². The summed E-state index contributed by atoms with van der Waals surface area (Å²) >= 11 is 6.05. The summed E-state index contributed by atoms with van der Waals surface area (Å²) in [6.07, 6.45) is 0.992. The Kier molecular flexibility index (Phi) is 4.89. The van der Waals surface area contributed by atoms with Crippen LogP contribution in [-0.4, -0.2) is 30.1 Å². The van der Waals surface area contributed by atoms with Gasteiger partial charge in [-0.3, -0.25) is 4.79 Å². The zero-order chi connectivity index (χ0) is 15.6. The van der Waals surface area contributed by atoms with Crippen LogP contribution in [0.3, 0.4) is 0 Å². The van der Waals surface area contributed by atoms with Crippen LogP contribution in [0.1, 0.15) is 50.2 Å². The van der Waals surface area contributed by atoms with Gasteiger partial charge >= 0.3 is 0 Å². The van der Waals surface area contributed by atoms with Gasteiger partial charge in [-0.15, -0.1) is 0 Å². The number of nitrogens with zero attached hydrogens (tertiary/aromatic N) is 1. The molecule has 0 radical (unpaired) electrons. The molecule has 1 aliphatic rings. The lowest BCUT2D eigenvalue weighted by Crippen LogP contribution is -2.38. The molecule has 0 aromatic carbocycles. The fraction of sp³-hybridized carbons (Fsp3) is 0.625. The predicted octanol–water partition coefficient (Wildman–Crippen LogP) is 3.19. The molecule has 2 heterocycles. The molecule has 4 nitrogen and oxygen atoms in total. The minimum atomic E-state index is -0.148. The maximum Gasteiger partial charge on any atom is 0.251 e. The second-order valence-electron chi connectivity index (χ2n) is 6.70. The molecule has 5 heteroatoms. The molecular formula is C16H23ClN2O2. The first-order chi connectivity index (χ1) is 9.77. The first kappa shape index (κ1) is 16.2. The molecule has 0 bridgehead atoms. The number of hydrogen-bond acceptors (Lipinski definition) is 3. The summed E-state index contributed by atoms with van der Waals surface area (Å²) in [5.41, 5.74) is 1.23. The van der Waals surface area contributed by atoms with Gasteiger partial charge in [-0.1, -0.05) is 32.4 Å². The lowest BCUT2D eigenvalue weighted by Gasteiger charge is -2.21. The van der Waals surface area contributed by atoms with Crippen LogP contribution in [0, 0.1) is 5.92 Å². The molecule has 0 saturated carbocycles. The van der Waals surface area contributed by atoms with Gasteiger partial charge in [0.15, 0.2) is 0 Å². The molecule has 0 spiro atoms. The zero-order valence-electron chi connectivity index (χ0n) is 13.1. The number of hydrogen-bond donors (Lipinski definition) is 1. The van der Waals surface area contributed by atoms with E-state index in [-0.39, 0.29) is 17.4 Å². The summed E-state index contributed by atoms with van der Waals surface area (Å²) in [6.45, 7) is 9.65. The number of aromatic nitrogens is 1. The van der Waals surface area contributed by atoms with Gasteiger partial charge < -0.3 is 10.1 Å². The van der Waals surface area contributed by atoms with Gasteiger partial charge in [0, 0.05) is 35.2 Å². The lowest BCUT2D eigenvalue weighted by molar-refractivity contribution is 0.0922. The van der Waals surface area contributed by atoms with Gasteiger partial charge in [0.1, 0.15) is 5.15 Å². The quantitative estimate of drug-likeness (QED) is 0.872. The molecule has 2 atom stereocenters. The third kappa shape index (κ3) is 4.17. The average molecular weight is 311 g/mol. The Labute approximate surface area is 131 Å². The van der Waals surface area contributed by atoms with Gasteiger partial charge in [-0.2, -0.15) is 0 Å². The highest BCUT2D eigenvalue weighted by Crippen LogP contribution is 2.24. The van der Waals surface area contributed by atoms with Crippen LogP contribution in [0.15, 0.2) is 12.1 Å². The van der Waals surface area contributed by atoms with Crippen molar-refractivity contribution in [1.29, 1.82) is 0 Å². The van der Waals surface area contributed by atoms with Gasteiger partial charge in [-0.25, -0.2) is 4.98 Å². The standard InChI is InChI=1S/C16H23ClN2O2/c1-10(11-5-6-21-9-11)18-15(20)12-7-13(16(2,3)4)19-14(17)8-12/h7-8,10-11H,5-6,9H2,1-4H3,(H,18,20). The predicted molar refractivity (Wildman–Crippen MR) is 83.8 cm³/mol. The smallest absolute Gasteiger partial charge is 0.251 e. The van der Waals surface area contributed by atoms with E-state index >= 15 is 0 Å². The van der Waals surface area contributed by atoms with Crippen molar-refractivity contribution in [3.05, 3.63) is 28.5 Å². The van der Waals surface area contributed by atoms with Crippen LogP contribution in [0.5, 0.6) is 0 Å². The minimum absolute atomic E-state index is 0.0880. The molecule has 116 valence electrons. The Morgan fingerprint density at radius 3 is 2.76 bits per heavy atom. The van der Waals surface area contributed by atoms with Gasteiger partial charge in [-0.05, 0) is 25.5 Å². The number of carbonyl (C=O) groups is 1. The van der Waals surface area contributed by atoms with Crippen molar-refractivity contribution in [1.82, 2.24) is 10.3 Å². The summed E-state index contributed by atoms with van der Waals surface area (Å²) in [6, 6.07) is 3.52. The first-order valence-corrected chi connectivity index (χ1v) is 7.72. The van der Waals surface area contributed by atoms with E-state index < -0.39 is 0 Å². The van der Waals surface area contributed by atoms with Crippen LogP contribution in [0.25, 0.3) is 0 Å². The monoisotopic (exact) mass is 310 g/mol. The summed E-state index contributed by atoms with van der Waals surface area (Å²) in [4.78, 5) is 16.7. The van der Waals surface area contributed by atoms with E-state index in [1.165, 1.54) is 0 Å². The van der Waals surface area contributed by atoms with E-state index in [0.717, 1.165) is 18.7 Å². The number of ether oxygens (including phenoxy) is 1.